The lowest BCUT2D eigenvalue weighted by atomic mass is 9.85. The highest BCUT2D eigenvalue weighted by Gasteiger charge is 2.33. The molecule has 4 heteroatoms. The van der Waals surface area contributed by atoms with Crippen LogP contribution in [0.4, 0.5) is 0 Å². The summed E-state index contributed by atoms with van der Waals surface area (Å²) < 4.78 is 0. The van der Waals surface area contributed by atoms with E-state index in [0.29, 0.717) is 11.9 Å². The number of aliphatic hydroxyl groups excluding tert-OH is 1. The van der Waals surface area contributed by atoms with Gasteiger partial charge in [-0.1, -0.05) is 6.07 Å². The van der Waals surface area contributed by atoms with Crippen molar-refractivity contribution in [3.05, 3.63) is 22.4 Å². The van der Waals surface area contributed by atoms with Crippen LogP contribution in [0.2, 0.25) is 0 Å². The fraction of sp³-hybridized carbons (Fsp3) is 0.722. The Bertz CT molecular complexity index is 465. The molecule has 0 aromatic carbocycles. The molecule has 0 radical (unpaired) electrons. The lowest BCUT2D eigenvalue weighted by molar-refractivity contribution is -0.141. The number of thiophene rings is 1. The van der Waals surface area contributed by atoms with Crippen LogP contribution < -0.4 is 0 Å². The van der Waals surface area contributed by atoms with Crippen molar-refractivity contribution in [2.24, 2.45) is 5.92 Å². The predicted octanol–water partition coefficient (Wildman–Crippen LogP) is 3.61. The number of piperidine rings is 1. The summed E-state index contributed by atoms with van der Waals surface area (Å²) in [7, 11) is 0. The first kappa shape index (κ1) is 16.0. The zero-order valence-electron chi connectivity index (χ0n) is 13.2. The summed E-state index contributed by atoms with van der Waals surface area (Å²) in [5.41, 5.74) is 0. The largest absolute Gasteiger partial charge is 0.393 e. The molecule has 1 aromatic rings. The average Bonchev–Trinajstić information content (AvgIpc) is 3.07. The standard InChI is InChI=1S/C18H27NO2S/c20-16-9-6-14(7-10-16)18(21)19-12-2-1-4-15(19)8-11-17-5-3-13-22-17/h3,5,13-16,20H,1-2,4,6-12H2. The van der Waals surface area contributed by atoms with Crippen molar-refractivity contribution in [2.75, 3.05) is 6.54 Å². The summed E-state index contributed by atoms with van der Waals surface area (Å²) in [6, 6.07) is 4.73. The van der Waals surface area contributed by atoms with Gasteiger partial charge in [-0.3, -0.25) is 4.79 Å². The number of likely N-dealkylation sites (tertiary alicyclic amines) is 1. The van der Waals surface area contributed by atoms with E-state index in [1.165, 1.54) is 11.3 Å². The van der Waals surface area contributed by atoms with Gasteiger partial charge < -0.3 is 10.0 Å². The molecule has 3 nitrogen and oxygen atoms in total. The SMILES string of the molecule is O=C(C1CCC(O)CC1)N1CCCCC1CCc1cccs1. The number of amides is 1. The third kappa shape index (κ3) is 3.90. The molecule has 122 valence electrons. The van der Waals surface area contributed by atoms with Gasteiger partial charge in [-0.2, -0.15) is 0 Å². The molecule has 0 spiro atoms. The first-order chi connectivity index (χ1) is 10.7. The Morgan fingerprint density at radius 1 is 1.23 bits per heavy atom. The van der Waals surface area contributed by atoms with E-state index >= 15 is 0 Å². The predicted molar refractivity (Wildman–Crippen MR) is 90.0 cm³/mol. The van der Waals surface area contributed by atoms with Gasteiger partial charge >= 0.3 is 0 Å². The van der Waals surface area contributed by atoms with E-state index in [4.69, 9.17) is 0 Å². The van der Waals surface area contributed by atoms with Gasteiger partial charge in [-0.15, -0.1) is 11.3 Å². The van der Waals surface area contributed by atoms with E-state index in [1.54, 1.807) is 0 Å². The van der Waals surface area contributed by atoms with Crippen molar-refractivity contribution in [3.63, 3.8) is 0 Å². The highest BCUT2D eigenvalue weighted by Crippen LogP contribution is 2.30. The molecule has 2 heterocycles. The number of nitrogens with zero attached hydrogens (tertiary/aromatic N) is 1. The molecular weight excluding hydrogens is 294 g/mol. The first-order valence-corrected chi connectivity index (χ1v) is 9.63. The fourth-order valence-electron chi connectivity index (χ4n) is 3.91. The Morgan fingerprint density at radius 2 is 2.05 bits per heavy atom. The second-order valence-electron chi connectivity index (χ2n) is 6.80. The molecule has 1 amide bonds. The summed E-state index contributed by atoms with van der Waals surface area (Å²) in [4.78, 5) is 16.5. The first-order valence-electron chi connectivity index (χ1n) is 8.75. The van der Waals surface area contributed by atoms with Gasteiger partial charge in [-0.25, -0.2) is 0 Å². The normalized spacial score (nSPS) is 29.5. The van der Waals surface area contributed by atoms with Crippen molar-refractivity contribution < 1.29 is 9.90 Å². The summed E-state index contributed by atoms with van der Waals surface area (Å²) in [5, 5.41) is 11.8. The molecule has 1 unspecified atom stereocenters. The molecule has 22 heavy (non-hydrogen) atoms. The van der Waals surface area contributed by atoms with Crippen LogP contribution in [-0.4, -0.2) is 34.6 Å². The Balaban J connectivity index is 1.57. The molecule has 1 aliphatic carbocycles. The molecule has 3 rings (SSSR count). The minimum absolute atomic E-state index is 0.158. The smallest absolute Gasteiger partial charge is 0.225 e. The van der Waals surface area contributed by atoms with E-state index in [1.807, 2.05) is 11.3 Å². The van der Waals surface area contributed by atoms with Crippen LogP contribution in [0.15, 0.2) is 17.5 Å². The van der Waals surface area contributed by atoms with Crippen LogP contribution in [0.3, 0.4) is 0 Å². The Kier molecular flexibility index (Phi) is 5.53. The minimum atomic E-state index is -0.181. The van der Waals surface area contributed by atoms with Crippen molar-refractivity contribution in [3.8, 4) is 0 Å². The topological polar surface area (TPSA) is 40.5 Å². The maximum Gasteiger partial charge on any atom is 0.225 e. The van der Waals surface area contributed by atoms with Crippen molar-refractivity contribution in [2.45, 2.75) is 69.9 Å². The maximum atomic E-state index is 12.9. The number of carbonyl (C=O) groups is 1. The lowest BCUT2D eigenvalue weighted by Crippen LogP contribution is -2.47. The Hall–Kier alpha value is -0.870. The molecule has 1 saturated heterocycles. The van der Waals surface area contributed by atoms with E-state index in [2.05, 4.69) is 22.4 Å². The minimum Gasteiger partial charge on any atom is -0.393 e. The fourth-order valence-corrected chi connectivity index (χ4v) is 4.64. The van der Waals surface area contributed by atoms with Gasteiger partial charge in [0.25, 0.3) is 0 Å². The molecule has 1 atom stereocenters. The van der Waals surface area contributed by atoms with Crippen LogP contribution in [0, 0.1) is 5.92 Å². The van der Waals surface area contributed by atoms with Gasteiger partial charge in [0.2, 0.25) is 5.91 Å². The molecule has 1 aliphatic heterocycles. The summed E-state index contributed by atoms with van der Waals surface area (Å²) in [5.74, 6) is 0.522. The Morgan fingerprint density at radius 3 is 2.77 bits per heavy atom. The molecular formula is C18H27NO2S. The van der Waals surface area contributed by atoms with Crippen molar-refractivity contribution in [1.82, 2.24) is 4.90 Å². The summed E-state index contributed by atoms with van der Waals surface area (Å²) in [6.45, 7) is 0.937. The number of hydrogen-bond acceptors (Lipinski definition) is 3. The molecule has 2 aliphatic rings. The van der Waals surface area contributed by atoms with Crippen LogP contribution >= 0.6 is 11.3 Å². The van der Waals surface area contributed by atoms with Crippen molar-refractivity contribution in [1.29, 1.82) is 0 Å². The monoisotopic (exact) mass is 321 g/mol. The van der Waals surface area contributed by atoms with Crippen LogP contribution in [0.1, 0.15) is 56.2 Å². The molecule has 0 bridgehead atoms. The second-order valence-corrected chi connectivity index (χ2v) is 7.84. The third-order valence-electron chi connectivity index (χ3n) is 5.26. The maximum absolute atomic E-state index is 12.9. The van der Waals surface area contributed by atoms with Crippen LogP contribution in [-0.2, 0) is 11.2 Å². The van der Waals surface area contributed by atoms with Gasteiger partial charge in [-0.05, 0) is 69.2 Å². The summed E-state index contributed by atoms with van der Waals surface area (Å²) in [6.07, 6.45) is 8.90. The van der Waals surface area contributed by atoms with E-state index in [-0.39, 0.29) is 12.0 Å². The number of hydrogen-bond donors (Lipinski definition) is 1. The zero-order valence-corrected chi connectivity index (χ0v) is 14.1. The highest BCUT2D eigenvalue weighted by molar-refractivity contribution is 7.09. The summed E-state index contributed by atoms with van der Waals surface area (Å²) >= 11 is 1.82. The van der Waals surface area contributed by atoms with Crippen molar-refractivity contribution >= 4 is 17.2 Å². The molecule has 1 N–H and O–H groups in total. The van der Waals surface area contributed by atoms with E-state index in [9.17, 15) is 9.90 Å². The van der Waals surface area contributed by atoms with Crippen LogP contribution in [0.25, 0.3) is 0 Å². The van der Waals surface area contributed by atoms with Gasteiger partial charge in [0.05, 0.1) is 6.10 Å². The van der Waals surface area contributed by atoms with Gasteiger partial charge in [0, 0.05) is 23.4 Å². The quantitative estimate of drug-likeness (QED) is 0.920. The van der Waals surface area contributed by atoms with Crippen LogP contribution in [0.5, 0.6) is 0 Å². The Labute approximate surface area is 137 Å². The molecule has 1 aromatic heterocycles. The average molecular weight is 321 g/mol. The number of aryl methyl sites for hydroxylation is 1. The number of carbonyl (C=O) groups excluding carboxylic acids is 1. The molecule has 2 fully saturated rings. The highest BCUT2D eigenvalue weighted by atomic mass is 32.1. The van der Waals surface area contributed by atoms with E-state index in [0.717, 1.165) is 57.9 Å². The van der Waals surface area contributed by atoms with Gasteiger partial charge in [0.15, 0.2) is 0 Å². The number of aliphatic hydroxyl groups is 1. The third-order valence-corrected chi connectivity index (χ3v) is 6.20. The lowest BCUT2D eigenvalue weighted by Gasteiger charge is -2.39. The molecule has 1 saturated carbocycles. The zero-order chi connectivity index (χ0) is 15.4. The second kappa shape index (κ2) is 7.60. The number of rotatable bonds is 4. The van der Waals surface area contributed by atoms with Gasteiger partial charge in [0.1, 0.15) is 0 Å². The van der Waals surface area contributed by atoms with E-state index < -0.39 is 0 Å².